The molecule has 0 saturated heterocycles. The molecule has 0 spiro atoms. The topological polar surface area (TPSA) is 62.5 Å². The number of nitrogens with zero attached hydrogens (tertiary/aromatic N) is 2. The van der Waals surface area contributed by atoms with Crippen LogP contribution in [0.4, 0.5) is 0 Å². The van der Waals surface area contributed by atoms with Crippen LogP contribution >= 0.6 is 0 Å². The van der Waals surface area contributed by atoms with Gasteiger partial charge in [0.05, 0.1) is 12.2 Å². The monoisotopic (exact) mass is 250 g/mol. The predicted octanol–water partition coefficient (Wildman–Crippen LogP) is 1.90. The number of nitrogens with one attached hydrogen (secondary N) is 2. The lowest BCUT2D eigenvalue weighted by atomic mass is 10.2. The van der Waals surface area contributed by atoms with Crippen molar-refractivity contribution in [3.63, 3.8) is 0 Å². The van der Waals surface area contributed by atoms with E-state index in [2.05, 4.69) is 20.6 Å². The highest BCUT2D eigenvalue weighted by Gasteiger charge is 2.16. The lowest BCUT2D eigenvalue weighted by Crippen LogP contribution is -2.41. The van der Waals surface area contributed by atoms with Gasteiger partial charge in [-0.2, -0.15) is 0 Å². The Labute approximate surface area is 108 Å². The van der Waals surface area contributed by atoms with Crippen LogP contribution in [0.1, 0.15) is 43.0 Å². The van der Waals surface area contributed by atoms with Crippen molar-refractivity contribution in [3.05, 3.63) is 17.3 Å². The van der Waals surface area contributed by atoms with Gasteiger partial charge in [-0.3, -0.25) is 4.99 Å². The Morgan fingerprint density at radius 1 is 1.39 bits per heavy atom. The van der Waals surface area contributed by atoms with Crippen LogP contribution in [-0.4, -0.2) is 24.0 Å². The number of hydrogen-bond acceptors (Lipinski definition) is 3. The van der Waals surface area contributed by atoms with Crippen molar-refractivity contribution in [3.8, 4) is 0 Å². The van der Waals surface area contributed by atoms with E-state index in [0.717, 1.165) is 17.4 Å². The molecule has 0 amide bonds. The smallest absolute Gasteiger partial charge is 0.214 e. The molecule has 1 aromatic rings. The molecule has 1 saturated carbocycles. The van der Waals surface area contributed by atoms with Crippen molar-refractivity contribution in [2.24, 2.45) is 4.99 Å². The third-order valence-electron chi connectivity index (χ3n) is 3.40. The van der Waals surface area contributed by atoms with Crippen LogP contribution in [0.3, 0.4) is 0 Å². The maximum Gasteiger partial charge on any atom is 0.214 e. The standard InChI is InChI=1S/C13H22N4O/c1-9-10(2)18-12(16-9)8-15-13(14-3)17-11-6-4-5-7-11/h11H,4-8H2,1-3H3,(H2,14,15,17). The molecule has 2 N–H and O–H groups in total. The summed E-state index contributed by atoms with van der Waals surface area (Å²) in [6.45, 7) is 4.45. The fraction of sp³-hybridized carbons (Fsp3) is 0.692. The minimum Gasteiger partial charge on any atom is -0.444 e. The Kier molecular flexibility index (Phi) is 4.23. The van der Waals surface area contributed by atoms with Gasteiger partial charge >= 0.3 is 0 Å². The van der Waals surface area contributed by atoms with E-state index in [1.165, 1.54) is 25.7 Å². The zero-order chi connectivity index (χ0) is 13.0. The van der Waals surface area contributed by atoms with Gasteiger partial charge in [0.2, 0.25) is 5.89 Å². The van der Waals surface area contributed by atoms with Gasteiger partial charge in [-0.25, -0.2) is 4.98 Å². The molecule has 0 atom stereocenters. The van der Waals surface area contributed by atoms with Crippen LogP contribution < -0.4 is 10.6 Å². The summed E-state index contributed by atoms with van der Waals surface area (Å²) in [5.41, 5.74) is 0.950. The molecule has 1 heterocycles. The molecular formula is C13H22N4O. The molecule has 18 heavy (non-hydrogen) atoms. The van der Waals surface area contributed by atoms with E-state index >= 15 is 0 Å². The Bertz CT molecular complexity index is 399. The highest BCUT2D eigenvalue weighted by Crippen LogP contribution is 2.17. The van der Waals surface area contributed by atoms with Crippen LogP contribution in [0.25, 0.3) is 0 Å². The second kappa shape index (κ2) is 5.89. The van der Waals surface area contributed by atoms with Gasteiger partial charge in [0, 0.05) is 13.1 Å². The summed E-state index contributed by atoms with van der Waals surface area (Å²) in [5, 5.41) is 6.66. The average molecular weight is 250 g/mol. The predicted molar refractivity (Wildman–Crippen MR) is 71.6 cm³/mol. The lowest BCUT2D eigenvalue weighted by molar-refractivity contribution is 0.462. The first-order valence-corrected chi connectivity index (χ1v) is 6.59. The van der Waals surface area contributed by atoms with E-state index < -0.39 is 0 Å². The third-order valence-corrected chi connectivity index (χ3v) is 3.40. The van der Waals surface area contributed by atoms with Crippen LogP contribution in [-0.2, 0) is 6.54 Å². The molecule has 0 aliphatic heterocycles. The first-order chi connectivity index (χ1) is 8.69. The van der Waals surface area contributed by atoms with Crippen LogP contribution in [0.5, 0.6) is 0 Å². The first kappa shape index (κ1) is 12.9. The highest BCUT2D eigenvalue weighted by atomic mass is 16.4. The Morgan fingerprint density at radius 3 is 2.67 bits per heavy atom. The molecule has 1 aromatic heterocycles. The maximum atomic E-state index is 5.52. The molecule has 1 aliphatic rings. The summed E-state index contributed by atoms with van der Waals surface area (Å²) < 4.78 is 5.52. The quantitative estimate of drug-likeness (QED) is 0.635. The third kappa shape index (κ3) is 3.24. The van der Waals surface area contributed by atoms with Gasteiger partial charge in [0.25, 0.3) is 0 Å². The van der Waals surface area contributed by atoms with Crippen molar-refractivity contribution in [2.45, 2.75) is 52.1 Å². The highest BCUT2D eigenvalue weighted by molar-refractivity contribution is 5.79. The van der Waals surface area contributed by atoms with E-state index in [-0.39, 0.29) is 0 Å². The zero-order valence-electron chi connectivity index (χ0n) is 11.4. The molecule has 5 heteroatoms. The molecule has 100 valence electrons. The molecule has 0 unspecified atom stereocenters. The first-order valence-electron chi connectivity index (χ1n) is 6.59. The number of aliphatic imine (C=N–C) groups is 1. The van der Waals surface area contributed by atoms with Crippen LogP contribution in [0, 0.1) is 13.8 Å². The van der Waals surface area contributed by atoms with Crippen molar-refractivity contribution in [1.82, 2.24) is 15.6 Å². The van der Waals surface area contributed by atoms with Gasteiger partial charge in [0.15, 0.2) is 5.96 Å². The SMILES string of the molecule is CN=C(NCc1nc(C)c(C)o1)NC1CCCC1. The summed E-state index contributed by atoms with van der Waals surface area (Å²) in [7, 11) is 1.79. The van der Waals surface area contributed by atoms with Crippen molar-refractivity contribution in [1.29, 1.82) is 0 Å². The number of aryl methyl sites for hydroxylation is 2. The molecule has 1 fully saturated rings. The van der Waals surface area contributed by atoms with E-state index in [4.69, 9.17) is 4.42 Å². The largest absolute Gasteiger partial charge is 0.444 e. The van der Waals surface area contributed by atoms with Gasteiger partial charge in [-0.1, -0.05) is 12.8 Å². The molecule has 5 nitrogen and oxygen atoms in total. The second-order valence-corrected chi connectivity index (χ2v) is 4.80. The van der Waals surface area contributed by atoms with E-state index in [1.54, 1.807) is 7.05 Å². The zero-order valence-corrected chi connectivity index (χ0v) is 11.4. The summed E-state index contributed by atoms with van der Waals surface area (Å²) in [4.78, 5) is 8.56. The molecule has 1 aliphatic carbocycles. The minimum atomic E-state index is 0.559. The summed E-state index contributed by atoms with van der Waals surface area (Å²) in [5.74, 6) is 2.42. The van der Waals surface area contributed by atoms with Crippen molar-refractivity contribution in [2.75, 3.05) is 7.05 Å². The number of aromatic nitrogens is 1. The summed E-state index contributed by atoms with van der Waals surface area (Å²) in [6, 6.07) is 0.559. The van der Waals surface area contributed by atoms with Gasteiger partial charge in [-0.15, -0.1) is 0 Å². The summed E-state index contributed by atoms with van der Waals surface area (Å²) >= 11 is 0. The normalized spacial score (nSPS) is 17.2. The fourth-order valence-corrected chi connectivity index (χ4v) is 2.23. The fourth-order valence-electron chi connectivity index (χ4n) is 2.23. The van der Waals surface area contributed by atoms with Crippen LogP contribution in [0.2, 0.25) is 0 Å². The maximum absolute atomic E-state index is 5.52. The summed E-state index contributed by atoms with van der Waals surface area (Å²) in [6.07, 6.45) is 5.09. The Morgan fingerprint density at radius 2 is 2.11 bits per heavy atom. The number of hydrogen-bond donors (Lipinski definition) is 2. The van der Waals surface area contributed by atoms with Gasteiger partial charge in [-0.05, 0) is 26.7 Å². The average Bonchev–Trinajstić information content (AvgIpc) is 2.96. The van der Waals surface area contributed by atoms with E-state index in [9.17, 15) is 0 Å². The molecule has 2 rings (SSSR count). The van der Waals surface area contributed by atoms with E-state index in [0.29, 0.717) is 18.5 Å². The number of oxazole rings is 1. The minimum absolute atomic E-state index is 0.559. The second-order valence-electron chi connectivity index (χ2n) is 4.80. The van der Waals surface area contributed by atoms with E-state index in [1.807, 2.05) is 13.8 Å². The Hall–Kier alpha value is -1.52. The van der Waals surface area contributed by atoms with Crippen LogP contribution in [0.15, 0.2) is 9.41 Å². The number of rotatable bonds is 3. The molecule has 0 bridgehead atoms. The Balaban J connectivity index is 1.83. The van der Waals surface area contributed by atoms with Crippen molar-refractivity contribution < 1.29 is 4.42 Å². The lowest BCUT2D eigenvalue weighted by Gasteiger charge is -2.15. The molecular weight excluding hydrogens is 228 g/mol. The molecule has 0 radical (unpaired) electrons. The molecule has 0 aromatic carbocycles. The van der Waals surface area contributed by atoms with Gasteiger partial charge in [0.1, 0.15) is 5.76 Å². The number of guanidine groups is 1. The van der Waals surface area contributed by atoms with Gasteiger partial charge < -0.3 is 15.1 Å². The van der Waals surface area contributed by atoms with Crippen molar-refractivity contribution >= 4 is 5.96 Å².